The van der Waals surface area contributed by atoms with Gasteiger partial charge in [-0.15, -0.1) is 0 Å². The van der Waals surface area contributed by atoms with Gasteiger partial charge in [-0.2, -0.15) is 5.26 Å². The molecule has 0 aliphatic carbocycles. The number of benzene rings is 1. The molecule has 0 aliphatic rings. The Bertz CT molecular complexity index is 398. The Balaban J connectivity index is 2.75. The zero-order valence-corrected chi connectivity index (χ0v) is 11.7. The average Bonchev–Trinajstić information content (AvgIpc) is 2.47. The summed E-state index contributed by atoms with van der Waals surface area (Å²) in [5, 5.41) is 18.5. The van der Waals surface area contributed by atoms with E-state index in [1.165, 1.54) is 0 Å². The third kappa shape index (κ3) is 4.90. The minimum Gasteiger partial charge on any atom is -0.388 e. The molecule has 19 heavy (non-hydrogen) atoms. The van der Waals surface area contributed by atoms with Gasteiger partial charge in [0, 0.05) is 25.9 Å². The van der Waals surface area contributed by atoms with E-state index >= 15 is 0 Å². The van der Waals surface area contributed by atoms with Crippen molar-refractivity contribution in [3.63, 3.8) is 0 Å². The van der Waals surface area contributed by atoms with Gasteiger partial charge in [0.15, 0.2) is 0 Å². The van der Waals surface area contributed by atoms with Crippen LogP contribution in [0.15, 0.2) is 24.3 Å². The lowest BCUT2D eigenvalue weighted by Gasteiger charge is -2.24. The van der Waals surface area contributed by atoms with Gasteiger partial charge >= 0.3 is 0 Å². The summed E-state index contributed by atoms with van der Waals surface area (Å²) in [7, 11) is 1.67. The molecule has 1 atom stereocenters. The van der Waals surface area contributed by atoms with Crippen LogP contribution >= 0.6 is 0 Å². The standard InChI is InChI=1S/C15H22N2O2/c1-3-15(18)13-5-7-14(8-6-13)17(10-4-9-16)11-12-19-2/h5-8,15,18H,3-4,10-12H2,1-2H3/t15-/m1/s1. The number of aliphatic hydroxyl groups is 1. The molecule has 0 unspecified atom stereocenters. The Morgan fingerprint density at radius 3 is 2.53 bits per heavy atom. The minimum atomic E-state index is -0.402. The van der Waals surface area contributed by atoms with E-state index in [9.17, 15) is 5.11 Å². The lowest BCUT2D eigenvalue weighted by Crippen LogP contribution is -2.28. The van der Waals surface area contributed by atoms with Crippen LogP contribution in [0.5, 0.6) is 0 Å². The third-order valence-electron chi connectivity index (χ3n) is 3.09. The second-order valence-corrected chi connectivity index (χ2v) is 4.40. The molecule has 4 heteroatoms. The largest absolute Gasteiger partial charge is 0.388 e. The van der Waals surface area contributed by atoms with E-state index in [4.69, 9.17) is 10.00 Å². The number of hydrogen-bond donors (Lipinski definition) is 1. The number of aliphatic hydroxyl groups excluding tert-OH is 1. The van der Waals surface area contributed by atoms with E-state index in [-0.39, 0.29) is 0 Å². The highest BCUT2D eigenvalue weighted by Gasteiger charge is 2.08. The first-order valence-electron chi connectivity index (χ1n) is 6.61. The Hall–Kier alpha value is -1.57. The van der Waals surface area contributed by atoms with Crippen LogP contribution in [0.3, 0.4) is 0 Å². The zero-order chi connectivity index (χ0) is 14.1. The predicted molar refractivity (Wildman–Crippen MR) is 76.0 cm³/mol. The fraction of sp³-hybridized carbons (Fsp3) is 0.533. The van der Waals surface area contributed by atoms with Gasteiger partial charge in [0.05, 0.1) is 25.2 Å². The van der Waals surface area contributed by atoms with Crippen molar-refractivity contribution in [3.8, 4) is 6.07 Å². The topological polar surface area (TPSA) is 56.5 Å². The molecule has 0 aliphatic heterocycles. The highest BCUT2D eigenvalue weighted by Crippen LogP contribution is 2.21. The monoisotopic (exact) mass is 262 g/mol. The highest BCUT2D eigenvalue weighted by molar-refractivity contribution is 5.48. The van der Waals surface area contributed by atoms with Crippen molar-refractivity contribution in [3.05, 3.63) is 29.8 Å². The number of rotatable bonds is 8. The second-order valence-electron chi connectivity index (χ2n) is 4.40. The Morgan fingerprint density at radius 1 is 1.32 bits per heavy atom. The van der Waals surface area contributed by atoms with Crippen molar-refractivity contribution in [1.29, 1.82) is 5.26 Å². The van der Waals surface area contributed by atoms with Crippen LogP contribution in [0.4, 0.5) is 5.69 Å². The maximum absolute atomic E-state index is 9.76. The number of anilines is 1. The van der Waals surface area contributed by atoms with Gasteiger partial charge in [0.1, 0.15) is 0 Å². The summed E-state index contributed by atoms with van der Waals surface area (Å²) >= 11 is 0. The molecule has 0 amide bonds. The van der Waals surface area contributed by atoms with Gasteiger partial charge in [0.25, 0.3) is 0 Å². The molecular formula is C15H22N2O2. The van der Waals surface area contributed by atoms with Gasteiger partial charge in [-0.05, 0) is 24.1 Å². The lowest BCUT2D eigenvalue weighted by molar-refractivity contribution is 0.173. The van der Waals surface area contributed by atoms with E-state index in [2.05, 4.69) is 11.0 Å². The first-order valence-corrected chi connectivity index (χ1v) is 6.61. The molecule has 0 saturated carbocycles. The SMILES string of the molecule is CC[C@@H](O)c1ccc(N(CCC#N)CCOC)cc1. The summed E-state index contributed by atoms with van der Waals surface area (Å²) in [5.41, 5.74) is 1.98. The highest BCUT2D eigenvalue weighted by atomic mass is 16.5. The van der Waals surface area contributed by atoms with Gasteiger partial charge in [0.2, 0.25) is 0 Å². The molecule has 1 N–H and O–H groups in total. The van der Waals surface area contributed by atoms with Gasteiger partial charge in [-0.1, -0.05) is 19.1 Å². The molecule has 1 rings (SSSR count). The quantitative estimate of drug-likeness (QED) is 0.782. The zero-order valence-electron chi connectivity index (χ0n) is 11.7. The van der Waals surface area contributed by atoms with E-state index < -0.39 is 6.10 Å². The van der Waals surface area contributed by atoms with Crippen LogP contribution in [-0.2, 0) is 4.74 Å². The number of ether oxygens (including phenoxy) is 1. The van der Waals surface area contributed by atoms with Crippen molar-refractivity contribution in [1.82, 2.24) is 0 Å². The van der Waals surface area contributed by atoms with E-state index in [1.807, 2.05) is 31.2 Å². The molecule has 0 spiro atoms. The first-order chi connectivity index (χ1) is 9.22. The van der Waals surface area contributed by atoms with E-state index in [1.54, 1.807) is 7.11 Å². The maximum atomic E-state index is 9.76. The molecule has 0 radical (unpaired) electrons. The van der Waals surface area contributed by atoms with Crippen molar-refractivity contribution in [2.24, 2.45) is 0 Å². The van der Waals surface area contributed by atoms with Gasteiger partial charge in [-0.25, -0.2) is 0 Å². The molecule has 1 aromatic rings. The number of methoxy groups -OCH3 is 1. The van der Waals surface area contributed by atoms with Crippen LogP contribution in [0, 0.1) is 11.3 Å². The van der Waals surface area contributed by atoms with Crippen molar-refractivity contribution in [2.75, 3.05) is 31.7 Å². The van der Waals surface area contributed by atoms with Crippen LogP contribution in [-0.4, -0.2) is 31.9 Å². The minimum absolute atomic E-state index is 0.402. The van der Waals surface area contributed by atoms with Crippen molar-refractivity contribution >= 4 is 5.69 Å². The lowest BCUT2D eigenvalue weighted by atomic mass is 10.1. The molecular weight excluding hydrogens is 240 g/mol. The molecule has 0 saturated heterocycles. The van der Waals surface area contributed by atoms with E-state index in [0.717, 1.165) is 17.8 Å². The smallest absolute Gasteiger partial charge is 0.0787 e. The fourth-order valence-electron chi connectivity index (χ4n) is 1.90. The normalized spacial score (nSPS) is 11.9. The summed E-state index contributed by atoms with van der Waals surface area (Å²) < 4.78 is 5.09. The molecule has 0 heterocycles. The number of nitriles is 1. The molecule has 0 bridgehead atoms. The van der Waals surface area contributed by atoms with E-state index in [0.29, 0.717) is 26.0 Å². The second kappa shape index (κ2) is 8.52. The van der Waals surface area contributed by atoms with Crippen LogP contribution < -0.4 is 4.90 Å². The fourth-order valence-corrected chi connectivity index (χ4v) is 1.90. The molecule has 4 nitrogen and oxygen atoms in total. The first kappa shape index (κ1) is 15.5. The molecule has 104 valence electrons. The Morgan fingerprint density at radius 2 is 2.00 bits per heavy atom. The summed E-state index contributed by atoms with van der Waals surface area (Å²) in [4.78, 5) is 2.12. The van der Waals surface area contributed by atoms with Crippen molar-refractivity contribution in [2.45, 2.75) is 25.9 Å². The summed E-state index contributed by atoms with van der Waals surface area (Å²) in [6.45, 7) is 4.03. The molecule has 0 aromatic heterocycles. The third-order valence-corrected chi connectivity index (χ3v) is 3.09. The predicted octanol–water partition coefficient (Wildman–Crippen LogP) is 2.50. The van der Waals surface area contributed by atoms with Crippen LogP contribution in [0.2, 0.25) is 0 Å². The summed E-state index contributed by atoms with van der Waals surface area (Å²) in [6, 6.07) is 10.0. The number of nitrogens with zero attached hydrogens (tertiary/aromatic N) is 2. The average molecular weight is 262 g/mol. The van der Waals surface area contributed by atoms with Crippen molar-refractivity contribution < 1.29 is 9.84 Å². The summed E-state index contributed by atoms with van der Waals surface area (Å²) in [5.74, 6) is 0. The van der Waals surface area contributed by atoms with Gasteiger partial charge < -0.3 is 14.7 Å². The Kier molecular flexibility index (Phi) is 6.94. The Labute approximate surface area is 115 Å². The van der Waals surface area contributed by atoms with Gasteiger partial charge in [-0.3, -0.25) is 0 Å². The van der Waals surface area contributed by atoms with Crippen LogP contribution in [0.1, 0.15) is 31.4 Å². The molecule has 0 fully saturated rings. The van der Waals surface area contributed by atoms with Crippen LogP contribution in [0.25, 0.3) is 0 Å². The molecule has 1 aromatic carbocycles. The number of hydrogen-bond acceptors (Lipinski definition) is 4. The maximum Gasteiger partial charge on any atom is 0.0787 e. The summed E-state index contributed by atoms with van der Waals surface area (Å²) in [6.07, 6.45) is 0.796.